The van der Waals surface area contributed by atoms with Crippen molar-refractivity contribution in [3.05, 3.63) is 35.4 Å². The molecule has 4 nitrogen and oxygen atoms in total. The molecule has 2 atom stereocenters. The standard InChI is InChI=1S/C15H22F2N2O2/c1-9(2)7-19-15(21)10(3)18-8-14(20)12-5-4-11(16)6-13(12)17/h4-6,9-10,14,18,20H,7-8H2,1-3H3,(H,19,21). The maximum absolute atomic E-state index is 13.5. The van der Waals surface area contributed by atoms with Gasteiger partial charge < -0.3 is 15.7 Å². The highest BCUT2D eigenvalue weighted by molar-refractivity contribution is 5.81. The summed E-state index contributed by atoms with van der Waals surface area (Å²) in [6.45, 7) is 6.20. The SMILES string of the molecule is CC(C)CNC(=O)C(C)NCC(O)c1ccc(F)cc1F. The molecule has 118 valence electrons. The van der Waals surface area contributed by atoms with Crippen LogP contribution < -0.4 is 10.6 Å². The fourth-order valence-corrected chi connectivity index (χ4v) is 1.72. The van der Waals surface area contributed by atoms with E-state index in [1.165, 1.54) is 6.07 Å². The van der Waals surface area contributed by atoms with Crippen LogP contribution in [0.3, 0.4) is 0 Å². The van der Waals surface area contributed by atoms with Crippen LogP contribution in [0.15, 0.2) is 18.2 Å². The number of aliphatic hydroxyl groups excluding tert-OH is 1. The number of aliphatic hydroxyl groups is 1. The molecule has 3 N–H and O–H groups in total. The van der Waals surface area contributed by atoms with Crippen LogP contribution in [0.4, 0.5) is 8.78 Å². The molecule has 0 saturated heterocycles. The lowest BCUT2D eigenvalue weighted by atomic mass is 10.1. The van der Waals surface area contributed by atoms with Gasteiger partial charge in [0.1, 0.15) is 11.6 Å². The molecule has 0 bridgehead atoms. The first-order chi connectivity index (χ1) is 9.81. The average molecular weight is 300 g/mol. The third-order valence-electron chi connectivity index (χ3n) is 3.02. The van der Waals surface area contributed by atoms with Crippen LogP contribution in [0.5, 0.6) is 0 Å². The van der Waals surface area contributed by atoms with Gasteiger partial charge in [-0.3, -0.25) is 4.79 Å². The first-order valence-electron chi connectivity index (χ1n) is 6.95. The summed E-state index contributed by atoms with van der Waals surface area (Å²) in [6, 6.07) is 2.49. The molecule has 1 amide bonds. The molecule has 0 aromatic heterocycles. The summed E-state index contributed by atoms with van der Waals surface area (Å²) >= 11 is 0. The zero-order valence-corrected chi connectivity index (χ0v) is 12.5. The van der Waals surface area contributed by atoms with E-state index in [-0.39, 0.29) is 18.0 Å². The summed E-state index contributed by atoms with van der Waals surface area (Å²) in [5.41, 5.74) is -0.00121. The molecule has 1 rings (SSSR count). The molecule has 0 aliphatic rings. The second-order valence-corrected chi connectivity index (χ2v) is 5.45. The van der Waals surface area contributed by atoms with Gasteiger partial charge >= 0.3 is 0 Å². The van der Waals surface area contributed by atoms with E-state index in [0.717, 1.165) is 12.1 Å². The fraction of sp³-hybridized carbons (Fsp3) is 0.533. The van der Waals surface area contributed by atoms with Crippen LogP contribution in [0.25, 0.3) is 0 Å². The third-order valence-corrected chi connectivity index (χ3v) is 3.02. The first kappa shape index (κ1) is 17.5. The van der Waals surface area contributed by atoms with Crippen molar-refractivity contribution in [2.24, 2.45) is 5.92 Å². The van der Waals surface area contributed by atoms with Gasteiger partial charge in [-0.05, 0) is 18.9 Å². The molecule has 1 aromatic rings. The number of amides is 1. The van der Waals surface area contributed by atoms with Gasteiger partial charge in [0.05, 0.1) is 12.1 Å². The Kier molecular flexibility index (Phi) is 6.71. The first-order valence-corrected chi connectivity index (χ1v) is 6.95. The lowest BCUT2D eigenvalue weighted by molar-refractivity contribution is -0.123. The van der Waals surface area contributed by atoms with Crippen LogP contribution >= 0.6 is 0 Å². The van der Waals surface area contributed by atoms with Gasteiger partial charge in [0, 0.05) is 24.7 Å². The Labute approximate surface area is 123 Å². The van der Waals surface area contributed by atoms with Crippen molar-refractivity contribution >= 4 is 5.91 Å². The maximum atomic E-state index is 13.5. The van der Waals surface area contributed by atoms with Crippen molar-refractivity contribution in [2.75, 3.05) is 13.1 Å². The number of carbonyl (C=O) groups is 1. The van der Waals surface area contributed by atoms with Crippen LogP contribution in [-0.4, -0.2) is 30.1 Å². The Morgan fingerprint density at radius 2 is 1.90 bits per heavy atom. The molecular formula is C15H22F2N2O2. The van der Waals surface area contributed by atoms with Gasteiger partial charge in [-0.15, -0.1) is 0 Å². The van der Waals surface area contributed by atoms with Crippen LogP contribution in [0, 0.1) is 17.6 Å². The highest BCUT2D eigenvalue weighted by Crippen LogP contribution is 2.17. The van der Waals surface area contributed by atoms with Crippen LogP contribution in [-0.2, 0) is 4.79 Å². The van der Waals surface area contributed by atoms with Gasteiger partial charge in [-0.2, -0.15) is 0 Å². The van der Waals surface area contributed by atoms with E-state index < -0.39 is 23.8 Å². The summed E-state index contributed by atoms with van der Waals surface area (Å²) in [6.07, 6.45) is -1.15. The summed E-state index contributed by atoms with van der Waals surface area (Å²) in [5.74, 6) is -1.34. The minimum atomic E-state index is -1.15. The van der Waals surface area contributed by atoms with Crippen molar-refractivity contribution in [3.63, 3.8) is 0 Å². The Bertz CT molecular complexity index is 481. The Hall–Kier alpha value is -1.53. The lowest BCUT2D eigenvalue weighted by Gasteiger charge is -2.18. The van der Waals surface area contributed by atoms with Gasteiger partial charge in [0.2, 0.25) is 5.91 Å². The number of carbonyl (C=O) groups excluding carboxylic acids is 1. The van der Waals surface area contributed by atoms with Crippen LogP contribution in [0.1, 0.15) is 32.4 Å². The molecule has 0 saturated carbocycles. The molecule has 0 aliphatic heterocycles. The number of halogens is 2. The number of rotatable bonds is 7. The largest absolute Gasteiger partial charge is 0.387 e. The second-order valence-electron chi connectivity index (χ2n) is 5.45. The smallest absolute Gasteiger partial charge is 0.236 e. The normalized spacial score (nSPS) is 14.0. The molecule has 0 radical (unpaired) electrons. The van der Waals surface area contributed by atoms with E-state index in [1.807, 2.05) is 13.8 Å². The number of hydrogen-bond donors (Lipinski definition) is 3. The Morgan fingerprint density at radius 1 is 1.24 bits per heavy atom. The van der Waals surface area contributed by atoms with E-state index in [4.69, 9.17) is 0 Å². The van der Waals surface area contributed by atoms with Crippen molar-refractivity contribution < 1.29 is 18.7 Å². The topological polar surface area (TPSA) is 61.4 Å². The Morgan fingerprint density at radius 3 is 2.48 bits per heavy atom. The molecule has 2 unspecified atom stereocenters. The lowest BCUT2D eigenvalue weighted by Crippen LogP contribution is -2.44. The highest BCUT2D eigenvalue weighted by atomic mass is 19.1. The molecule has 1 aromatic carbocycles. The van der Waals surface area contributed by atoms with Gasteiger partial charge in [-0.25, -0.2) is 8.78 Å². The number of nitrogens with one attached hydrogen (secondary N) is 2. The third kappa shape index (κ3) is 5.77. The summed E-state index contributed by atoms with van der Waals surface area (Å²) in [7, 11) is 0. The van der Waals surface area contributed by atoms with E-state index in [1.54, 1.807) is 6.92 Å². The monoisotopic (exact) mass is 300 g/mol. The second kappa shape index (κ2) is 8.05. The molecule has 21 heavy (non-hydrogen) atoms. The van der Waals surface area contributed by atoms with E-state index in [9.17, 15) is 18.7 Å². The Balaban J connectivity index is 2.48. The average Bonchev–Trinajstić information content (AvgIpc) is 2.41. The van der Waals surface area contributed by atoms with Gasteiger partial charge in [-0.1, -0.05) is 19.9 Å². The molecule has 0 spiro atoms. The van der Waals surface area contributed by atoms with E-state index >= 15 is 0 Å². The predicted molar refractivity (Wildman–Crippen MR) is 76.6 cm³/mol. The maximum Gasteiger partial charge on any atom is 0.236 e. The van der Waals surface area contributed by atoms with Crippen LogP contribution in [0.2, 0.25) is 0 Å². The zero-order chi connectivity index (χ0) is 16.0. The number of hydrogen-bond acceptors (Lipinski definition) is 3. The highest BCUT2D eigenvalue weighted by Gasteiger charge is 2.17. The molecule has 6 heteroatoms. The predicted octanol–water partition coefficient (Wildman–Crippen LogP) is 1.75. The van der Waals surface area contributed by atoms with Crippen molar-refractivity contribution in [2.45, 2.75) is 32.9 Å². The quantitative estimate of drug-likeness (QED) is 0.719. The summed E-state index contributed by atoms with van der Waals surface area (Å²) in [4.78, 5) is 11.7. The molecular weight excluding hydrogens is 278 g/mol. The minimum Gasteiger partial charge on any atom is -0.387 e. The van der Waals surface area contributed by atoms with Crippen molar-refractivity contribution in [1.29, 1.82) is 0 Å². The molecule has 0 heterocycles. The van der Waals surface area contributed by atoms with Crippen molar-refractivity contribution in [1.82, 2.24) is 10.6 Å². The van der Waals surface area contributed by atoms with Crippen molar-refractivity contribution in [3.8, 4) is 0 Å². The molecule has 0 aliphatic carbocycles. The van der Waals surface area contributed by atoms with E-state index in [0.29, 0.717) is 12.5 Å². The minimum absolute atomic E-state index is 0.00117. The number of benzene rings is 1. The van der Waals surface area contributed by atoms with Gasteiger partial charge in [0.25, 0.3) is 0 Å². The molecule has 0 fully saturated rings. The van der Waals surface area contributed by atoms with E-state index in [2.05, 4.69) is 10.6 Å². The fourth-order valence-electron chi connectivity index (χ4n) is 1.72. The zero-order valence-electron chi connectivity index (χ0n) is 12.5. The summed E-state index contributed by atoms with van der Waals surface area (Å²) < 4.78 is 26.3. The summed E-state index contributed by atoms with van der Waals surface area (Å²) in [5, 5.41) is 15.5. The van der Waals surface area contributed by atoms with Gasteiger partial charge in [0.15, 0.2) is 0 Å².